The van der Waals surface area contributed by atoms with E-state index in [0.29, 0.717) is 6.04 Å². The van der Waals surface area contributed by atoms with E-state index in [2.05, 4.69) is 27.9 Å². The fraction of sp³-hybridized carbons (Fsp3) is 0.250. The second-order valence-corrected chi connectivity index (χ2v) is 6.62. The van der Waals surface area contributed by atoms with Crippen LogP contribution in [0.3, 0.4) is 0 Å². The lowest BCUT2D eigenvalue weighted by atomic mass is 10.2. The van der Waals surface area contributed by atoms with Gasteiger partial charge in [0.1, 0.15) is 11.5 Å². The van der Waals surface area contributed by atoms with E-state index in [4.69, 9.17) is 16.3 Å². The highest BCUT2D eigenvalue weighted by atomic mass is 127. The summed E-state index contributed by atoms with van der Waals surface area (Å²) in [5, 5.41) is 4.21. The van der Waals surface area contributed by atoms with Crippen LogP contribution in [0.15, 0.2) is 42.5 Å². The van der Waals surface area contributed by atoms with Crippen molar-refractivity contribution in [3.63, 3.8) is 0 Å². The van der Waals surface area contributed by atoms with Crippen molar-refractivity contribution in [3.8, 4) is 11.5 Å². The molecule has 2 aromatic carbocycles. The number of rotatable bonds is 5. The first-order valence-electron chi connectivity index (χ1n) is 6.66. The zero-order valence-corrected chi connectivity index (χ0v) is 13.8. The molecule has 1 aliphatic rings. The molecule has 3 rings (SSSR count). The monoisotopic (exact) mass is 399 g/mol. The van der Waals surface area contributed by atoms with Gasteiger partial charge in [0.2, 0.25) is 0 Å². The molecule has 2 nitrogen and oxygen atoms in total. The molecule has 1 saturated carbocycles. The minimum absolute atomic E-state index is 0.689. The highest BCUT2D eigenvalue weighted by Gasteiger charge is 2.20. The summed E-state index contributed by atoms with van der Waals surface area (Å²) in [7, 11) is 0. The normalized spacial score (nSPS) is 14.3. The molecular formula is C16H15ClINO. The number of halogens is 2. The Morgan fingerprint density at radius 2 is 1.80 bits per heavy atom. The number of benzene rings is 2. The topological polar surface area (TPSA) is 21.3 Å². The van der Waals surface area contributed by atoms with E-state index in [1.807, 2.05) is 42.5 Å². The fourth-order valence-electron chi connectivity index (χ4n) is 1.92. The molecule has 0 unspecified atom stereocenters. The minimum Gasteiger partial charge on any atom is -0.457 e. The van der Waals surface area contributed by atoms with Gasteiger partial charge in [0.15, 0.2) is 0 Å². The van der Waals surface area contributed by atoms with E-state index in [9.17, 15) is 0 Å². The lowest BCUT2D eigenvalue weighted by Gasteiger charge is -2.09. The van der Waals surface area contributed by atoms with E-state index in [1.54, 1.807) is 0 Å². The Bertz CT molecular complexity index is 596. The average Bonchev–Trinajstić information content (AvgIpc) is 3.25. The van der Waals surface area contributed by atoms with Crippen molar-refractivity contribution in [2.45, 2.75) is 25.4 Å². The SMILES string of the molecule is Clc1cc(Oc2ccc(I)cc2)ccc1CNC1CC1. The van der Waals surface area contributed by atoms with Crippen molar-refractivity contribution < 1.29 is 4.74 Å². The van der Waals surface area contributed by atoms with Crippen molar-refractivity contribution >= 4 is 34.2 Å². The molecule has 104 valence electrons. The van der Waals surface area contributed by atoms with Crippen molar-refractivity contribution in [1.29, 1.82) is 0 Å². The maximum absolute atomic E-state index is 6.30. The first-order valence-corrected chi connectivity index (χ1v) is 8.11. The number of hydrogen-bond donors (Lipinski definition) is 1. The molecule has 0 spiro atoms. The van der Waals surface area contributed by atoms with Crippen molar-refractivity contribution in [1.82, 2.24) is 5.32 Å². The van der Waals surface area contributed by atoms with Crippen molar-refractivity contribution in [2.75, 3.05) is 0 Å². The van der Waals surface area contributed by atoms with Gasteiger partial charge in [-0.1, -0.05) is 17.7 Å². The van der Waals surface area contributed by atoms with Gasteiger partial charge < -0.3 is 10.1 Å². The zero-order valence-electron chi connectivity index (χ0n) is 10.9. The van der Waals surface area contributed by atoms with Gasteiger partial charge in [-0.25, -0.2) is 0 Å². The second-order valence-electron chi connectivity index (χ2n) is 4.96. The lowest BCUT2D eigenvalue weighted by Crippen LogP contribution is -2.15. The van der Waals surface area contributed by atoms with Crippen molar-refractivity contribution in [3.05, 3.63) is 56.6 Å². The molecule has 0 radical (unpaired) electrons. The van der Waals surface area contributed by atoms with E-state index in [-0.39, 0.29) is 0 Å². The average molecular weight is 400 g/mol. The standard InChI is InChI=1S/C16H15ClINO/c17-16-9-15(20-14-7-2-12(18)3-8-14)6-1-11(16)10-19-13-4-5-13/h1-3,6-9,13,19H,4-5,10H2. The van der Waals surface area contributed by atoms with Crippen LogP contribution in [-0.4, -0.2) is 6.04 Å². The molecule has 1 aliphatic carbocycles. The molecule has 0 atom stereocenters. The summed E-state index contributed by atoms with van der Waals surface area (Å²) >= 11 is 8.58. The largest absolute Gasteiger partial charge is 0.457 e. The second kappa shape index (κ2) is 6.33. The van der Waals surface area contributed by atoms with Gasteiger partial charge in [0, 0.05) is 21.2 Å². The third-order valence-corrected chi connectivity index (χ3v) is 4.30. The maximum atomic E-state index is 6.30. The number of hydrogen-bond acceptors (Lipinski definition) is 2. The van der Waals surface area contributed by atoms with E-state index >= 15 is 0 Å². The molecule has 4 heteroatoms. The molecule has 1 fully saturated rings. The third kappa shape index (κ3) is 3.87. The van der Waals surface area contributed by atoms with Crippen LogP contribution in [0.5, 0.6) is 11.5 Å². The van der Waals surface area contributed by atoms with E-state index in [0.717, 1.165) is 28.6 Å². The molecular weight excluding hydrogens is 385 g/mol. The zero-order chi connectivity index (χ0) is 13.9. The summed E-state index contributed by atoms with van der Waals surface area (Å²) in [4.78, 5) is 0. The first kappa shape index (κ1) is 14.2. The Morgan fingerprint density at radius 3 is 2.45 bits per heavy atom. The van der Waals surface area contributed by atoms with Gasteiger partial charge in [-0.05, 0) is 77.4 Å². The number of nitrogens with one attached hydrogen (secondary N) is 1. The van der Waals surface area contributed by atoms with Crippen LogP contribution in [0.25, 0.3) is 0 Å². The molecule has 1 N–H and O–H groups in total. The van der Waals surface area contributed by atoms with Crippen LogP contribution in [0, 0.1) is 3.57 Å². The lowest BCUT2D eigenvalue weighted by molar-refractivity contribution is 0.482. The summed E-state index contributed by atoms with van der Waals surface area (Å²) in [6.45, 7) is 0.827. The maximum Gasteiger partial charge on any atom is 0.128 e. The molecule has 20 heavy (non-hydrogen) atoms. The Hall–Kier alpha value is -0.780. The Morgan fingerprint density at radius 1 is 1.10 bits per heavy atom. The molecule has 2 aromatic rings. The Labute approximate surface area is 137 Å². The van der Waals surface area contributed by atoms with E-state index in [1.165, 1.54) is 16.4 Å². The summed E-state index contributed by atoms with van der Waals surface area (Å²) in [5.41, 5.74) is 1.12. The highest BCUT2D eigenvalue weighted by Crippen LogP contribution is 2.28. The summed E-state index contributed by atoms with van der Waals surface area (Å²) < 4.78 is 6.99. The number of ether oxygens (including phenoxy) is 1. The van der Waals surface area contributed by atoms with Crippen molar-refractivity contribution in [2.24, 2.45) is 0 Å². The molecule has 0 saturated heterocycles. The van der Waals surface area contributed by atoms with Gasteiger partial charge in [0.05, 0.1) is 0 Å². The molecule has 0 heterocycles. The quantitative estimate of drug-likeness (QED) is 0.715. The highest BCUT2D eigenvalue weighted by molar-refractivity contribution is 14.1. The molecule has 0 amide bonds. The fourth-order valence-corrected chi connectivity index (χ4v) is 2.51. The van der Waals surface area contributed by atoms with Crippen LogP contribution in [0.4, 0.5) is 0 Å². The molecule has 0 bridgehead atoms. The molecule has 0 aromatic heterocycles. The van der Waals surface area contributed by atoms with E-state index < -0.39 is 0 Å². The minimum atomic E-state index is 0.689. The first-order chi connectivity index (χ1) is 9.70. The summed E-state index contributed by atoms with van der Waals surface area (Å²) in [6.07, 6.45) is 2.57. The predicted octanol–water partition coefficient (Wildman–Crippen LogP) is 4.99. The van der Waals surface area contributed by atoms with Crippen LogP contribution in [0.1, 0.15) is 18.4 Å². The van der Waals surface area contributed by atoms with Crippen LogP contribution in [-0.2, 0) is 6.54 Å². The van der Waals surface area contributed by atoms with Gasteiger partial charge in [-0.3, -0.25) is 0 Å². The van der Waals surface area contributed by atoms with Crippen LogP contribution < -0.4 is 10.1 Å². The van der Waals surface area contributed by atoms with Crippen LogP contribution in [0.2, 0.25) is 5.02 Å². The van der Waals surface area contributed by atoms with Gasteiger partial charge >= 0.3 is 0 Å². The Balaban J connectivity index is 1.67. The summed E-state index contributed by atoms with van der Waals surface area (Å²) in [5.74, 6) is 1.59. The van der Waals surface area contributed by atoms with Gasteiger partial charge in [-0.2, -0.15) is 0 Å². The summed E-state index contributed by atoms with van der Waals surface area (Å²) in [6, 6.07) is 14.5. The smallest absolute Gasteiger partial charge is 0.128 e. The molecule has 0 aliphatic heterocycles. The van der Waals surface area contributed by atoms with Crippen LogP contribution >= 0.6 is 34.2 Å². The van der Waals surface area contributed by atoms with Gasteiger partial charge in [0.25, 0.3) is 0 Å². The predicted molar refractivity (Wildman–Crippen MR) is 90.5 cm³/mol. The Kier molecular flexibility index (Phi) is 4.48. The third-order valence-electron chi connectivity index (χ3n) is 3.23. The van der Waals surface area contributed by atoms with Gasteiger partial charge in [-0.15, -0.1) is 0 Å².